The Hall–Kier alpha value is -1.78. The van der Waals surface area contributed by atoms with Crippen LogP contribution in [-0.2, 0) is 0 Å². The zero-order chi connectivity index (χ0) is 14.4. The van der Waals surface area contributed by atoms with Crippen molar-refractivity contribution in [2.24, 2.45) is 0 Å². The molecule has 0 aliphatic rings. The summed E-state index contributed by atoms with van der Waals surface area (Å²) >= 11 is 7.39. The molecule has 0 unspecified atom stereocenters. The first-order chi connectivity index (χ1) is 9.70. The topological polar surface area (TPSA) is 42.0 Å². The molecule has 2 rings (SSSR count). The van der Waals surface area contributed by atoms with Gasteiger partial charge in [0, 0.05) is 10.6 Å². The summed E-state index contributed by atoms with van der Waals surface area (Å²) in [5.41, 5.74) is 1.05. The number of thioether (sulfide) groups is 1. The summed E-state index contributed by atoms with van der Waals surface area (Å²) in [5.74, 6) is 0.501. The second kappa shape index (κ2) is 7.12. The van der Waals surface area contributed by atoms with Crippen LogP contribution in [0.25, 0.3) is 0 Å². The molecule has 0 saturated carbocycles. The van der Waals surface area contributed by atoms with Gasteiger partial charge in [-0.05, 0) is 24.3 Å². The predicted molar refractivity (Wildman–Crippen MR) is 84.6 cm³/mol. The van der Waals surface area contributed by atoms with Crippen LogP contribution in [-0.4, -0.2) is 16.6 Å². The molecular formula is C15H13ClN2OS. The van der Waals surface area contributed by atoms with E-state index >= 15 is 0 Å². The van der Waals surface area contributed by atoms with E-state index in [1.165, 1.54) is 0 Å². The number of pyridine rings is 1. The third-order valence-electron chi connectivity index (χ3n) is 2.44. The average molecular weight is 305 g/mol. The summed E-state index contributed by atoms with van der Waals surface area (Å²) in [4.78, 5) is 17.1. The second-order valence-corrected chi connectivity index (χ2v) is 5.34. The van der Waals surface area contributed by atoms with Gasteiger partial charge in [0.1, 0.15) is 10.8 Å². The van der Waals surface area contributed by atoms with Gasteiger partial charge in [0.25, 0.3) is 5.91 Å². The summed E-state index contributed by atoms with van der Waals surface area (Å²) in [7, 11) is 0. The van der Waals surface area contributed by atoms with E-state index in [4.69, 9.17) is 11.6 Å². The molecule has 1 amide bonds. The Kier molecular flexibility index (Phi) is 5.21. The number of nitrogens with zero attached hydrogens (tertiary/aromatic N) is 1. The van der Waals surface area contributed by atoms with Crippen molar-refractivity contribution >= 4 is 35.0 Å². The molecule has 1 aromatic heterocycles. The fraction of sp³-hybridized carbons (Fsp3) is 0.0667. The van der Waals surface area contributed by atoms with Crippen molar-refractivity contribution in [3.63, 3.8) is 0 Å². The number of hydrogen-bond acceptors (Lipinski definition) is 3. The van der Waals surface area contributed by atoms with Crippen molar-refractivity contribution in [1.29, 1.82) is 0 Å². The third-order valence-corrected chi connectivity index (χ3v) is 3.72. The van der Waals surface area contributed by atoms with Crippen molar-refractivity contribution in [3.05, 3.63) is 66.0 Å². The molecule has 5 heteroatoms. The molecule has 0 bridgehead atoms. The SMILES string of the molecule is C=CCSc1ccccc1NC(=O)c1cccc(Cl)n1. The molecule has 0 saturated heterocycles. The highest BCUT2D eigenvalue weighted by molar-refractivity contribution is 7.99. The minimum Gasteiger partial charge on any atom is -0.320 e. The van der Waals surface area contributed by atoms with Crippen LogP contribution in [0.4, 0.5) is 5.69 Å². The van der Waals surface area contributed by atoms with Crippen LogP contribution in [0.3, 0.4) is 0 Å². The second-order valence-electron chi connectivity index (χ2n) is 3.90. The van der Waals surface area contributed by atoms with Crippen LogP contribution in [0.15, 0.2) is 60.0 Å². The zero-order valence-corrected chi connectivity index (χ0v) is 12.2. The van der Waals surface area contributed by atoms with Crippen LogP contribution in [0, 0.1) is 0 Å². The first-order valence-electron chi connectivity index (χ1n) is 5.97. The Labute approximate surface area is 127 Å². The molecule has 0 atom stereocenters. The number of halogens is 1. The quantitative estimate of drug-likeness (QED) is 0.510. The maximum Gasteiger partial charge on any atom is 0.274 e. The van der Waals surface area contributed by atoms with Gasteiger partial charge in [0.15, 0.2) is 0 Å². The fourth-order valence-electron chi connectivity index (χ4n) is 1.57. The van der Waals surface area contributed by atoms with Crippen molar-refractivity contribution < 1.29 is 4.79 Å². The number of rotatable bonds is 5. The van der Waals surface area contributed by atoms with Gasteiger partial charge in [-0.3, -0.25) is 4.79 Å². The fourth-order valence-corrected chi connectivity index (χ4v) is 2.48. The first-order valence-corrected chi connectivity index (χ1v) is 7.33. The number of nitrogens with one attached hydrogen (secondary N) is 1. The summed E-state index contributed by atoms with van der Waals surface area (Å²) in [5, 5.41) is 3.15. The number of benzene rings is 1. The molecule has 1 heterocycles. The highest BCUT2D eigenvalue weighted by atomic mass is 35.5. The minimum atomic E-state index is -0.279. The molecule has 0 aliphatic heterocycles. The van der Waals surface area contributed by atoms with E-state index in [1.54, 1.807) is 30.0 Å². The predicted octanol–water partition coefficient (Wildman–Crippen LogP) is 4.27. The van der Waals surface area contributed by atoms with E-state index in [0.717, 1.165) is 16.3 Å². The summed E-state index contributed by atoms with van der Waals surface area (Å²) < 4.78 is 0. The first kappa shape index (κ1) is 14.6. The Bertz CT molecular complexity index is 631. The van der Waals surface area contributed by atoms with Crippen molar-refractivity contribution in [3.8, 4) is 0 Å². The van der Waals surface area contributed by atoms with Crippen LogP contribution in [0.1, 0.15) is 10.5 Å². The number of anilines is 1. The molecule has 102 valence electrons. The molecule has 1 N–H and O–H groups in total. The van der Waals surface area contributed by atoms with E-state index < -0.39 is 0 Å². The number of aromatic nitrogens is 1. The molecule has 0 aliphatic carbocycles. The van der Waals surface area contributed by atoms with Crippen LogP contribution in [0.5, 0.6) is 0 Å². The highest BCUT2D eigenvalue weighted by Gasteiger charge is 2.10. The summed E-state index contributed by atoms with van der Waals surface area (Å²) in [6.45, 7) is 3.69. The van der Waals surface area contributed by atoms with Gasteiger partial charge in [-0.2, -0.15) is 0 Å². The van der Waals surface area contributed by atoms with E-state index in [9.17, 15) is 4.79 Å². The molecule has 1 aromatic carbocycles. The number of amides is 1. The Morgan fingerprint density at radius 1 is 1.30 bits per heavy atom. The van der Waals surface area contributed by atoms with Gasteiger partial charge in [0.2, 0.25) is 0 Å². The third kappa shape index (κ3) is 3.85. The van der Waals surface area contributed by atoms with Gasteiger partial charge in [-0.25, -0.2) is 4.98 Å². The van der Waals surface area contributed by atoms with Crippen molar-refractivity contribution in [2.45, 2.75) is 4.90 Å². The monoisotopic (exact) mass is 304 g/mol. The maximum atomic E-state index is 12.1. The zero-order valence-electron chi connectivity index (χ0n) is 10.7. The van der Waals surface area contributed by atoms with Crippen LogP contribution in [0.2, 0.25) is 5.15 Å². The van der Waals surface area contributed by atoms with Gasteiger partial charge in [-0.1, -0.05) is 35.9 Å². The van der Waals surface area contributed by atoms with E-state index in [0.29, 0.717) is 10.8 Å². The average Bonchev–Trinajstić information content (AvgIpc) is 2.46. The van der Waals surface area contributed by atoms with Gasteiger partial charge in [0.05, 0.1) is 5.69 Å². The number of carbonyl (C=O) groups is 1. The Morgan fingerprint density at radius 2 is 2.10 bits per heavy atom. The number of para-hydroxylation sites is 1. The van der Waals surface area contributed by atoms with E-state index in [-0.39, 0.29) is 5.91 Å². The molecule has 0 fully saturated rings. The largest absolute Gasteiger partial charge is 0.320 e. The van der Waals surface area contributed by atoms with E-state index in [1.807, 2.05) is 30.3 Å². The van der Waals surface area contributed by atoms with Gasteiger partial charge >= 0.3 is 0 Å². The molecule has 3 nitrogen and oxygen atoms in total. The van der Waals surface area contributed by atoms with Gasteiger partial charge < -0.3 is 5.32 Å². The van der Waals surface area contributed by atoms with Crippen molar-refractivity contribution in [1.82, 2.24) is 4.98 Å². The van der Waals surface area contributed by atoms with Crippen LogP contribution < -0.4 is 5.32 Å². The smallest absolute Gasteiger partial charge is 0.274 e. The standard InChI is InChI=1S/C15H13ClN2OS/c1-2-10-20-13-8-4-3-6-11(13)18-15(19)12-7-5-9-14(16)17-12/h2-9H,1,10H2,(H,18,19). The maximum absolute atomic E-state index is 12.1. The van der Waals surface area contributed by atoms with E-state index in [2.05, 4.69) is 16.9 Å². The molecule has 0 radical (unpaired) electrons. The Morgan fingerprint density at radius 3 is 2.85 bits per heavy atom. The normalized spacial score (nSPS) is 10.1. The lowest BCUT2D eigenvalue weighted by molar-refractivity contribution is 0.102. The lowest BCUT2D eigenvalue weighted by Gasteiger charge is -2.09. The molecular weight excluding hydrogens is 292 g/mol. The molecule has 0 spiro atoms. The van der Waals surface area contributed by atoms with Gasteiger partial charge in [-0.15, -0.1) is 18.3 Å². The lowest BCUT2D eigenvalue weighted by atomic mass is 10.3. The van der Waals surface area contributed by atoms with Crippen LogP contribution >= 0.6 is 23.4 Å². The summed E-state index contributed by atoms with van der Waals surface area (Å²) in [6, 6.07) is 12.6. The number of carbonyl (C=O) groups excluding carboxylic acids is 1. The minimum absolute atomic E-state index is 0.279. The molecule has 20 heavy (non-hydrogen) atoms. The summed E-state index contributed by atoms with van der Waals surface area (Å²) in [6.07, 6.45) is 1.82. The number of hydrogen-bond donors (Lipinski definition) is 1. The highest BCUT2D eigenvalue weighted by Crippen LogP contribution is 2.27. The Balaban J connectivity index is 2.17. The molecule has 2 aromatic rings. The lowest BCUT2D eigenvalue weighted by Crippen LogP contribution is -2.14. The van der Waals surface area contributed by atoms with Crippen molar-refractivity contribution in [2.75, 3.05) is 11.1 Å².